The number of nitrogens with one attached hydrogen (secondary N) is 1. The summed E-state index contributed by atoms with van der Waals surface area (Å²) >= 11 is 0. The number of fused-ring (bicyclic) bond motifs is 1. The van der Waals surface area contributed by atoms with Gasteiger partial charge in [-0.3, -0.25) is 19.3 Å². The van der Waals surface area contributed by atoms with E-state index in [1.165, 1.54) is 29.6 Å². The lowest BCUT2D eigenvalue weighted by Crippen LogP contribution is -2.40. The molecule has 1 aromatic rings. The van der Waals surface area contributed by atoms with Crippen LogP contribution in [0.25, 0.3) is 0 Å². The molecule has 2 saturated heterocycles. The van der Waals surface area contributed by atoms with Gasteiger partial charge in [-0.05, 0) is 31.0 Å². The maximum absolute atomic E-state index is 12.9. The molecular formula is C21H25N3O7S. The van der Waals surface area contributed by atoms with E-state index in [-0.39, 0.29) is 41.2 Å². The van der Waals surface area contributed by atoms with Crippen molar-refractivity contribution < 1.29 is 32.3 Å². The topological polar surface area (TPSA) is 122 Å². The summed E-state index contributed by atoms with van der Waals surface area (Å²) in [7, 11) is -2.38. The molecule has 32 heavy (non-hydrogen) atoms. The van der Waals surface area contributed by atoms with E-state index in [1.54, 1.807) is 0 Å². The minimum Gasteiger partial charge on any atom is -0.495 e. The first-order chi connectivity index (χ1) is 15.3. The summed E-state index contributed by atoms with van der Waals surface area (Å²) in [5.74, 6) is -1.90. The molecule has 3 amide bonds. The molecule has 2 aliphatic heterocycles. The molecular weight excluding hydrogens is 438 g/mol. The van der Waals surface area contributed by atoms with Crippen LogP contribution in [-0.2, 0) is 29.1 Å². The van der Waals surface area contributed by atoms with Gasteiger partial charge in [0.2, 0.25) is 27.7 Å². The van der Waals surface area contributed by atoms with Gasteiger partial charge in [0, 0.05) is 13.1 Å². The minimum absolute atomic E-state index is 0.000851. The van der Waals surface area contributed by atoms with Crippen LogP contribution in [0.3, 0.4) is 0 Å². The maximum Gasteiger partial charge on any atom is 0.244 e. The molecule has 0 radical (unpaired) electrons. The molecule has 2 heterocycles. The van der Waals surface area contributed by atoms with E-state index in [4.69, 9.17) is 9.47 Å². The Morgan fingerprint density at radius 1 is 1.12 bits per heavy atom. The van der Waals surface area contributed by atoms with Gasteiger partial charge in [0.25, 0.3) is 0 Å². The van der Waals surface area contributed by atoms with Gasteiger partial charge < -0.3 is 14.8 Å². The lowest BCUT2D eigenvalue weighted by Gasteiger charge is -2.26. The van der Waals surface area contributed by atoms with Crippen molar-refractivity contribution in [2.24, 2.45) is 11.8 Å². The monoisotopic (exact) mass is 463 g/mol. The summed E-state index contributed by atoms with van der Waals surface area (Å²) in [6.45, 7) is 0.676. The molecule has 4 rings (SSSR count). The highest BCUT2D eigenvalue weighted by Gasteiger charge is 2.47. The number of hydrogen-bond acceptors (Lipinski definition) is 7. The quantitative estimate of drug-likeness (QED) is 0.484. The van der Waals surface area contributed by atoms with Gasteiger partial charge in [-0.1, -0.05) is 12.2 Å². The zero-order valence-corrected chi connectivity index (χ0v) is 18.5. The molecule has 1 aliphatic carbocycles. The fraction of sp³-hybridized carbons (Fsp3) is 0.476. The molecule has 2 unspecified atom stereocenters. The van der Waals surface area contributed by atoms with E-state index >= 15 is 0 Å². The number of methoxy groups -OCH3 is 1. The molecule has 0 spiro atoms. The average molecular weight is 464 g/mol. The van der Waals surface area contributed by atoms with Crippen molar-refractivity contribution in [2.45, 2.75) is 17.7 Å². The molecule has 1 aromatic carbocycles. The second-order valence-electron chi connectivity index (χ2n) is 7.85. The Bertz CT molecular complexity index is 1040. The Morgan fingerprint density at radius 2 is 1.75 bits per heavy atom. The van der Waals surface area contributed by atoms with Crippen molar-refractivity contribution in [3.63, 3.8) is 0 Å². The molecule has 10 nitrogen and oxygen atoms in total. The largest absolute Gasteiger partial charge is 0.495 e. The van der Waals surface area contributed by atoms with E-state index in [9.17, 15) is 22.8 Å². The lowest BCUT2D eigenvalue weighted by atomic mass is 9.85. The number of likely N-dealkylation sites (tertiary alicyclic amines) is 1. The Balaban J connectivity index is 1.51. The smallest absolute Gasteiger partial charge is 0.244 e. The molecule has 0 bridgehead atoms. The average Bonchev–Trinajstić information content (AvgIpc) is 3.04. The van der Waals surface area contributed by atoms with Gasteiger partial charge >= 0.3 is 0 Å². The number of carbonyl (C=O) groups excluding carboxylic acids is 3. The minimum atomic E-state index is -3.78. The molecule has 2 atom stereocenters. The summed E-state index contributed by atoms with van der Waals surface area (Å²) < 4.78 is 37.7. The summed E-state index contributed by atoms with van der Waals surface area (Å²) in [5, 5.41) is 2.59. The fourth-order valence-corrected chi connectivity index (χ4v) is 5.67. The van der Waals surface area contributed by atoms with Crippen LogP contribution >= 0.6 is 0 Å². The number of sulfonamides is 1. The first-order valence-electron chi connectivity index (χ1n) is 10.4. The summed E-state index contributed by atoms with van der Waals surface area (Å²) in [5.41, 5.74) is 0.144. The number of imide groups is 1. The molecule has 0 aromatic heterocycles. The van der Waals surface area contributed by atoms with Crippen molar-refractivity contribution in [1.29, 1.82) is 0 Å². The predicted molar refractivity (Wildman–Crippen MR) is 113 cm³/mol. The van der Waals surface area contributed by atoms with E-state index in [1.807, 2.05) is 12.2 Å². The summed E-state index contributed by atoms with van der Waals surface area (Å²) in [6, 6.07) is 4.18. The van der Waals surface area contributed by atoms with Crippen LogP contribution in [0, 0.1) is 11.8 Å². The Hall–Kier alpha value is -2.76. The normalized spacial score (nSPS) is 23.8. The van der Waals surface area contributed by atoms with Crippen LogP contribution < -0.4 is 10.1 Å². The van der Waals surface area contributed by atoms with Gasteiger partial charge in [0.05, 0.1) is 42.7 Å². The van der Waals surface area contributed by atoms with E-state index < -0.39 is 34.3 Å². The number of anilines is 1. The number of carbonyl (C=O) groups is 3. The summed E-state index contributed by atoms with van der Waals surface area (Å²) in [6.07, 6.45) is 4.73. The highest BCUT2D eigenvalue weighted by Crippen LogP contribution is 2.35. The van der Waals surface area contributed by atoms with Gasteiger partial charge in [-0.15, -0.1) is 0 Å². The van der Waals surface area contributed by atoms with Gasteiger partial charge in [0.1, 0.15) is 12.3 Å². The Kier molecular flexibility index (Phi) is 6.31. The molecule has 11 heteroatoms. The second-order valence-corrected chi connectivity index (χ2v) is 9.78. The Labute approximate surface area is 186 Å². The second kappa shape index (κ2) is 9.00. The number of rotatable bonds is 6. The van der Waals surface area contributed by atoms with Crippen LogP contribution in [-0.4, -0.2) is 75.3 Å². The van der Waals surface area contributed by atoms with Crippen LogP contribution in [0.2, 0.25) is 0 Å². The number of benzene rings is 1. The number of hydrogen-bond donors (Lipinski definition) is 1. The number of allylic oxidation sites excluding steroid dienone is 2. The Morgan fingerprint density at radius 3 is 2.34 bits per heavy atom. The first-order valence-corrected chi connectivity index (χ1v) is 11.8. The van der Waals surface area contributed by atoms with Crippen LogP contribution in [0.15, 0.2) is 35.2 Å². The molecule has 1 N–H and O–H groups in total. The van der Waals surface area contributed by atoms with Crippen LogP contribution in [0.4, 0.5) is 5.69 Å². The van der Waals surface area contributed by atoms with Crippen molar-refractivity contribution >= 4 is 33.4 Å². The van der Waals surface area contributed by atoms with Crippen LogP contribution in [0.5, 0.6) is 5.75 Å². The lowest BCUT2D eigenvalue weighted by molar-refractivity contribution is -0.142. The number of ether oxygens (including phenoxy) is 2. The van der Waals surface area contributed by atoms with Crippen LogP contribution in [0.1, 0.15) is 12.8 Å². The fourth-order valence-electron chi connectivity index (χ4n) is 4.24. The number of morpholine rings is 1. The van der Waals surface area contributed by atoms with Crippen molar-refractivity contribution in [2.75, 3.05) is 45.3 Å². The maximum atomic E-state index is 12.9. The molecule has 3 aliphatic rings. The number of amides is 3. The molecule has 172 valence electrons. The predicted octanol–water partition coefficient (Wildman–Crippen LogP) is 0.606. The van der Waals surface area contributed by atoms with Gasteiger partial charge in [0.15, 0.2) is 0 Å². The van der Waals surface area contributed by atoms with E-state index in [0.717, 1.165) is 4.90 Å². The van der Waals surface area contributed by atoms with Gasteiger partial charge in [-0.25, -0.2) is 8.42 Å². The van der Waals surface area contributed by atoms with Gasteiger partial charge in [-0.2, -0.15) is 4.31 Å². The highest BCUT2D eigenvalue weighted by molar-refractivity contribution is 7.89. The van der Waals surface area contributed by atoms with E-state index in [2.05, 4.69) is 5.32 Å². The van der Waals surface area contributed by atoms with Crippen molar-refractivity contribution in [3.05, 3.63) is 30.4 Å². The van der Waals surface area contributed by atoms with Crippen molar-refractivity contribution in [3.8, 4) is 5.75 Å². The SMILES string of the molecule is COc1ccc(S(=O)(=O)N2CCOCC2)cc1NC(=O)CN1C(=O)C2CC=CCC2C1=O. The molecule has 2 fully saturated rings. The van der Waals surface area contributed by atoms with Crippen molar-refractivity contribution in [1.82, 2.24) is 9.21 Å². The first kappa shape index (κ1) is 22.4. The third kappa shape index (κ3) is 4.15. The zero-order valence-electron chi connectivity index (χ0n) is 17.7. The highest BCUT2D eigenvalue weighted by atomic mass is 32.2. The van der Waals surface area contributed by atoms with E-state index in [0.29, 0.717) is 26.1 Å². The molecule has 0 saturated carbocycles. The third-order valence-electron chi connectivity index (χ3n) is 5.95. The third-order valence-corrected chi connectivity index (χ3v) is 7.85. The summed E-state index contributed by atoms with van der Waals surface area (Å²) in [4.78, 5) is 38.9. The number of nitrogens with zero attached hydrogens (tertiary/aromatic N) is 2. The standard InChI is InChI=1S/C21H25N3O7S/c1-30-18-7-6-14(32(28,29)23-8-10-31-11-9-23)12-17(18)22-19(25)13-24-20(26)15-4-2-3-5-16(15)21(24)27/h2-3,6-7,12,15-16H,4-5,8-11,13H2,1H3,(H,22,25). The zero-order chi connectivity index (χ0) is 22.9.